The summed E-state index contributed by atoms with van der Waals surface area (Å²) in [5, 5.41) is 5.38. The number of anilines is 1. The van der Waals surface area contributed by atoms with Crippen LogP contribution in [0.1, 0.15) is 51.6 Å². The van der Waals surface area contributed by atoms with Crippen LogP contribution < -0.4 is 11.1 Å². The van der Waals surface area contributed by atoms with E-state index in [0.717, 1.165) is 25.0 Å². The zero-order chi connectivity index (χ0) is 12.8. The molecule has 1 unspecified atom stereocenters. The lowest BCUT2D eigenvalue weighted by Crippen LogP contribution is -2.35. The molecule has 0 spiro atoms. The number of nitrogens with two attached hydrogens (primary N) is 1. The SMILES string of the molecule is CCCCC(N)C(=O)Nc1nc(C(C)C)cs1. The first-order valence-corrected chi connectivity index (χ1v) is 6.94. The smallest absolute Gasteiger partial charge is 0.243 e. The predicted octanol–water partition coefficient (Wildman–Crippen LogP) is 2.72. The Labute approximate surface area is 107 Å². The van der Waals surface area contributed by atoms with E-state index in [2.05, 4.69) is 31.1 Å². The number of hydrogen-bond donors (Lipinski definition) is 2. The van der Waals surface area contributed by atoms with Crippen molar-refractivity contribution in [1.82, 2.24) is 4.98 Å². The molecule has 0 aliphatic heterocycles. The van der Waals surface area contributed by atoms with E-state index in [1.165, 1.54) is 11.3 Å². The van der Waals surface area contributed by atoms with Gasteiger partial charge in [0, 0.05) is 5.38 Å². The number of nitrogens with one attached hydrogen (secondary N) is 1. The Morgan fingerprint density at radius 1 is 1.59 bits per heavy atom. The molecule has 4 nitrogen and oxygen atoms in total. The largest absolute Gasteiger partial charge is 0.320 e. The van der Waals surface area contributed by atoms with Crippen molar-refractivity contribution in [3.05, 3.63) is 11.1 Å². The van der Waals surface area contributed by atoms with Gasteiger partial charge in [-0.25, -0.2) is 4.98 Å². The topological polar surface area (TPSA) is 68.0 Å². The highest BCUT2D eigenvalue weighted by atomic mass is 32.1. The number of thiazole rings is 1. The van der Waals surface area contributed by atoms with Crippen LogP contribution >= 0.6 is 11.3 Å². The predicted molar refractivity (Wildman–Crippen MR) is 72.3 cm³/mol. The Morgan fingerprint density at radius 2 is 2.29 bits per heavy atom. The molecule has 1 aromatic rings. The maximum absolute atomic E-state index is 11.7. The van der Waals surface area contributed by atoms with Crippen molar-refractivity contribution >= 4 is 22.4 Å². The monoisotopic (exact) mass is 255 g/mol. The Hall–Kier alpha value is -0.940. The van der Waals surface area contributed by atoms with Crippen molar-refractivity contribution < 1.29 is 4.79 Å². The van der Waals surface area contributed by atoms with E-state index in [0.29, 0.717) is 11.0 Å². The van der Waals surface area contributed by atoms with E-state index in [1.807, 2.05) is 5.38 Å². The van der Waals surface area contributed by atoms with Crippen LogP contribution in [0.5, 0.6) is 0 Å². The van der Waals surface area contributed by atoms with Gasteiger partial charge in [0.2, 0.25) is 5.91 Å². The normalized spacial score (nSPS) is 12.8. The van der Waals surface area contributed by atoms with E-state index >= 15 is 0 Å². The molecule has 0 saturated heterocycles. The molecule has 1 rings (SSSR count). The number of carbonyl (C=O) groups excluding carboxylic acids is 1. The van der Waals surface area contributed by atoms with Gasteiger partial charge in [-0.2, -0.15) is 0 Å². The quantitative estimate of drug-likeness (QED) is 0.821. The second-order valence-electron chi connectivity index (χ2n) is 4.47. The number of carbonyl (C=O) groups is 1. The third kappa shape index (κ3) is 4.44. The molecule has 5 heteroatoms. The highest BCUT2D eigenvalue weighted by Gasteiger charge is 2.14. The molecule has 1 aromatic heterocycles. The van der Waals surface area contributed by atoms with Gasteiger partial charge in [-0.3, -0.25) is 4.79 Å². The van der Waals surface area contributed by atoms with Crippen LogP contribution in [-0.2, 0) is 4.79 Å². The fourth-order valence-electron chi connectivity index (χ4n) is 1.36. The number of hydrogen-bond acceptors (Lipinski definition) is 4. The maximum Gasteiger partial charge on any atom is 0.243 e. The van der Waals surface area contributed by atoms with Crippen LogP contribution in [0.25, 0.3) is 0 Å². The van der Waals surface area contributed by atoms with Gasteiger partial charge in [-0.05, 0) is 12.3 Å². The molecule has 0 bridgehead atoms. The molecule has 0 fully saturated rings. The fraction of sp³-hybridized carbons (Fsp3) is 0.667. The zero-order valence-electron chi connectivity index (χ0n) is 10.7. The lowest BCUT2D eigenvalue weighted by atomic mass is 10.1. The third-order valence-electron chi connectivity index (χ3n) is 2.55. The fourth-order valence-corrected chi connectivity index (χ4v) is 2.24. The molecular formula is C12H21N3OS. The number of unbranched alkanes of at least 4 members (excludes halogenated alkanes) is 1. The second-order valence-corrected chi connectivity index (χ2v) is 5.33. The molecule has 0 aliphatic carbocycles. The molecule has 0 radical (unpaired) electrons. The third-order valence-corrected chi connectivity index (χ3v) is 3.33. The summed E-state index contributed by atoms with van der Waals surface area (Å²) in [6.45, 7) is 6.24. The van der Waals surface area contributed by atoms with Crippen LogP contribution in [0.4, 0.5) is 5.13 Å². The minimum Gasteiger partial charge on any atom is -0.320 e. The number of rotatable bonds is 6. The molecule has 0 aromatic carbocycles. The number of aromatic nitrogens is 1. The van der Waals surface area contributed by atoms with Gasteiger partial charge in [0.15, 0.2) is 5.13 Å². The molecule has 17 heavy (non-hydrogen) atoms. The summed E-state index contributed by atoms with van der Waals surface area (Å²) >= 11 is 1.45. The van der Waals surface area contributed by atoms with E-state index in [9.17, 15) is 4.79 Å². The van der Waals surface area contributed by atoms with Gasteiger partial charge < -0.3 is 11.1 Å². The second kappa shape index (κ2) is 6.71. The van der Waals surface area contributed by atoms with E-state index < -0.39 is 6.04 Å². The summed E-state index contributed by atoms with van der Waals surface area (Å²) in [4.78, 5) is 16.1. The van der Waals surface area contributed by atoms with Crippen molar-refractivity contribution in [2.24, 2.45) is 5.73 Å². The van der Waals surface area contributed by atoms with Gasteiger partial charge in [0.25, 0.3) is 0 Å². The zero-order valence-corrected chi connectivity index (χ0v) is 11.5. The summed E-state index contributed by atoms with van der Waals surface area (Å²) in [7, 11) is 0. The summed E-state index contributed by atoms with van der Waals surface area (Å²) in [6, 6.07) is -0.429. The van der Waals surface area contributed by atoms with Crippen LogP contribution in [-0.4, -0.2) is 16.9 Å². The van der Waals surface area contributed by atoms with E-state index in [4.69, 9.17) is 5.73 Å². The maximum atomic E-state index is 11.7. The number of nitrogens with zero attached hydrogens (tertiary/aromatic N) is 1. The van der Waals surface area contributed by atoms with Gasteiger partial charge in [0.05, 0.1) is 11.7 Å². The molecule has 1 amide bonds. The molecule has 0 aliphatic rings. The summed E-state index contributed by atoms with van der Waals surface area (Å²) < 4.78 is 0. The highest BCUT2D eigenvalue weighted by molar-refractivity contribution is 7.13. The van der Waals surface area contributed by atoms with Crippen LogP contribution in [0.2, 0.25) is 0 Å². The van der Waals surface area contributed by atoms with Gasteiger partial charge in [-0.1, -0.05) is 33.6 Å². The van der Waals surface area contributed by atoms with Gasteiger partial charge in [0.1, 0.15) is 0 Å². The first-order chi connectivity index (χ1) is 8.04. The van der Waals surface area contributed by atoms with Crippen molar-refractivity contribution in [3.63, 3.8) is 0 Å². The average Bonchev–Trinajstić information content (AvgIpc) is 2.74. The first-order valence-electron chi connectivity index (χ1n) is 6.06. The van der Waals surface area contributed by atoms with Crippen molar-refractivity contribution in [2.45, 2.75) is 52.0 Å². The molecule has 1 heterocycles. The van der Waals surface area contributed by atoms with Crippen LogP contribution in [0.15, 0.2) is 5.38 Å². The lowest BCUT2D eigenvalue weighted by Gasteiger charge is -2.09. The Balaban J connectivity index is 2.49. The molecule has 96 valence electrons. The molecule has 0 saturated carbocycles. The minimum absolute atomic E-state index is 0.136. The van der Waals surface area contributed by atoms with Crippen molar-refractivity contribution in [2.75, 3.05) is 5.32 Å². The number of amides is 1. The van der Waals surface area contributed by atoms with Gasteiger partial charge in [-0.15, -0.1) is 11.3 Å². The van der Waals surface area contributed by atoms with Crippen LogP contribution in [0, 0.1) is 0 Å². The summed E-state index contributed by atoms with van der Waals surface area (Å²) in [5.41, 5.74) is 6.79. The molecule has 3 N–H and O–H groups in total. The summed E-state index contributed by atoms with van der Waals surface area (Å²) in [6.07, 6.45) is 2.75. The summed E-state index contributed by atoms with van der Waals surface area (Å²) in [5.74, 6) is 0.244. The minimum atomic E-state index is -0.429. The van der Waals surface area contributed by atoms with E-state index in [1.54, 1.807) is 0 Å². The molecular weight excluding hydrogens is 234 g/mol. The Morgan fingerprint density at radius 3 is 2.82 bits per heavy atom. The average molecular weight is 255 g/mol. The lowest BCUT2D eigenvalue weighted by molar-refractivity contribution is -0.117. The van der Waals surface area contributed by atoms with Crippen LogP contribution in [0.3, 0.4) is 0 Å². The highest BCUT2D eigenvalue weighted by Crippen LogP contribution is 2.21. The Kier molecular flexibility index (Phi) is 5.58. The van der Waals surface area contributed by atoms with Gasteiger partial charge >= 0.3 is 0 Å². The molecule has 1 atom stereocenters. The standard InChI is InChI=1S/C12H21N3OS/c1-4-5-6-9(13)11(16)15-12-14-10(7-17-12)8(2)3/h7-9H,4-6,13H2,1-3H3,(H,14,15,16). The van der Waals surface area contributed by atoms with E-state index in [-0.39, 0.29) is 5.91 Å². The Bertz CT molecular complexity index is 362. The first kappa shape index (κ1) is 14.1. The van der Waals surface area contributed by atoms with Crippen molar-refractivity contribution in [1.29, 1.82) is 0 Å². The van der Waals surface area contributed by atoms with Crippen molar-refractivity contribution in [3.8, 4) is 0 Å².